The Bertz CT molecular complexity index is 618. The van der Waals surface area contributed by atoms with Gasteiger partial charge in [0, 0.05) is 10.8 Å². The van der Waals surface area contributed by atoms with Crippen molar-refractivity contribution in [3.05, 3.63) is 48.5 Å². The fourth-order valence-corrected chi connectivity index (χ4v) is 2.49. The molecular weight excluding hydrogens is 276 g/mol. The van der Waals surface area contributed by atoms with Crippen molar-refractivity contribution in [3.8, 4) is 0 Å². The molecule has 3 rings (SSSR count). The second kappa shape index (κ2) is 8.75. The second-order valence-electron chi connectivity index (χ2n) is 4.26. The first-order valence-corrected chi connectivity index (χ1v) is 8.03. The summed E-state index contributed by atoms with van der Waals surface area (Å²) in [5, 5.41) is 2.61. The van der Waals surface area contributed by atoms with Crippen LogP contribution in [-0.4, -0.2) is 15.9 Å². The molecule has 0 saturated heterocycles. The number of nitrogens with zero attached hydrogens (tertiary/aromatic N) is 2. The van der Waals surface area contributed by atoms with Gasteiger partial charge in [0.2, 0.25) is 0 Å². The van der Waals surface area contributed by atoms with Gasteiger partial charge >= 0.3 is 0 Å². The molecule has 2 aromatic carbocycles. The van der Waals surface area contributed by atoms with Crippen molar-refractivity contribution in [1.82, 2.24) is 8.87 Å². The average molecular weight is 302 g/mol. The molecule has 1 aromatic heterocycles. The van der Waals surface area contributed by atoms with Gasteiger partial charge in [-0.3, -0.25) is 0 Å². The number of hydrogen-bond acceptors (Lipinski definition) is 2. The summed E-state index contributed by atoms with van der Waals surface area (Å²) in [5.41, 5.74) is 2.52. The molecule has 0 aliphatic carbocycles. The van der Waals surface area contributed by atoms with Gasteiger partial charge in [0.05, 0.1) is 17.7 Å². The van der Waals surface area contributed by atoms with Crippen LogP contribution in [0.25, 0.3) is 21.8 Å². The summed E-state index contributed by atoms with van der Waals surface area (Å²) in [6, 6.07) is 17.0. The van der Waals surface area contributed by atoms with Crippen LogP contribution in [0.2, 0.25) is 0 Å². The highest BCUT2D eigenvalue weighted by molar-refractivity contribution is 7.77. The van der Waals surface area contributed by atoms with Crippen molar-refractivity contribution >= 4 is 34.6 Å². The smallest absolute Gasteiger partial charge is 0.0846 e. The van der Waals surface area contributed by atoms with Crippen LogP contribution >= 0.6 is 12.8 Å². The highest BCUT2D eigenvalue weighted by Crippen LogP contribution is 2.28. The quantitative estimate of drug-likeness (QED) is 0.607. The fraction of sp³-hybridized carbons (Fsp3) is 0.333. The number of rotatable bonds is 2. The lowest BCUT2D eigenvalue weighted by Crippen LogP contribution is -2.11. The van der Waals surface area contributed by atoms with Crippen LogP contribution in [0.5, 0.6) is 0 Å². The van der Waals surface area contributed by atoms with Gasteiger partial charge in [0.15, 0.2) is 0 Å². The number of hydrogen-bond donors (Lipinski definition) is 1. The number of aromatic nitrogens is 1. The molecule has 0 spiro atoms. The Kier molecular flexibility index (Phi) is 7.34. The summed E-state index contributed by atoms with van der Waals surface area (Å²) in [7, 11) is 1.96. The minimum Gasteiger partial charge on any atom is -0.326 e. The first-order valence-electron chi connectivity index (χ1n) is 7.63. The third-order valence-corrected chi connectivity index (χ3v) is 3.15. The summed E-state index contributed by atoms with van der Waals surface area (Å²) in [6.45, 7) is 8.77. The normalized spacial score (nSPS) is 10.0. The van der Waals surface area contributed by atoms with Gasteiger partial charge in [-0.2, -0.15) is 0 Å². The molecule has 0 fully saturated rings. The molecule has 0 aliphatic rings. The van der Waals surface area contributed by atoms with Gasteiger partial charge < -0.3 is 4.57 Å². The maximum Gasteiger partial charge on any atom is 0.0846 e. The predicted molar refractivity (Wildman–Crippen MR) is 98.9 cm³/mol. The molecule has 21 heavy (non-hydrogen) atoms. The van der Waals surface area contributed by atoms with E-state index in [0.29, 0.717) is 0 Å². The molecular formula is C18H26N2S. The maximum absolute atomic E-state index is 4.35. The lowest BCUT2D eigenvalue weighted by Gasteiger charge is -2.12. The van der Waals surface area contributed by atoms with E-state index in [-0.39, 0.29) is 0 Å². The molecule has 1 heterocycles. The maximum atomic E-state index is 4.35. The van der Waals surface area contributed by atoms with Gasteiger partial charge in [-0.15, -0.1) is 0 Å². The Hall–Kier alpha value is -1.45. The summed E-state index contributed by atoms with van der Waals surface area (Å²) in [4.78, 5) is 0. The van der Waals surface area contributed by atoms with E-state index < -0.39 is 0 Å². The number of benzene rings is 2. The van der Waals surface area contributed by atoms with Crippen LogP contribution in [0.4, 0.5) is 0 Å². The lowest BCUT2D eigenvalue weighted by atomic mass is 10.2. The first kappa shape index (κ1) is 17.6. The van der Waals surface area contributed by atoms with Crippen LogP contribution in [0.3, 0.4) is 0 Å². The van der Waals surface area contributed by atoms with Gasteiger partial charge in [-0.25, -0.2) is 4.31 Å². The molecule has 3 heteroatoms. The van der Waals surface area contributed by atoms with E-state index in [4.69, 9.17) is 0 Å². The topological polar surface area (TPSA) is 8.17 Å². The Morgan fingerprint density at radius 1 is 0.810 bits per heavy atom. The largest absolute Gasteiger partial charge is 0.326 e. The van der Waals surface area contributed by atoms with Crippen LogP contribution in [0.15, 0.2) is 48.5 Å². The van der Waals surface area contributed by atoms with Crippen molar-refractivity contribution in [3.63, 3.8) is 0 Å². The molecule has 0 bridgehead atoms. The zero-order valence-corrected chi connectivity index (χ0v) is 14.6. The molecule has 0 aliphatic heterocycles. The van der Waals surface area contributed by atoms with Crippen molar-refractivity contribution in [2.75, 3.05) is 7.05 Å². The fourth-order valence-electron chi connectivity index (χ4n) is 2.36. The summed E-state index contributed by atoms with van der Waals surface area (Å²) in [6.07, 6.45) is 0. The van der Waals surface area contributed by atoms with E-state index in [1.165, 1.54) is 21.8 Å². The van der Waals surface area contributed by atoms with Gasteiger partial charge in [0.1, 0.15) is 0 Å². The van der Waals surface area contributed by atoms with Crippen LogP contribution in [0.1, 0.15) is 27.7 Å². The van der Waals surface area contributed by atoms with Crippen molar-refractivity contribution in [1.29, 1.82) is 0 Å². The van der Waals surface area contributed by atoms with E-state index in [1.807, 2.05) is 39.0 Å². The third-order valence-electron chi connectivity index (χ3n) is 3.03. The van der Waals surface area contributed by atoms with E-state index in [0.717, 1.165) is 6.67 Å². The molecule has 0 amide bonds. The van der Waals surface area contributed by atoms with E-state index >= 15 is 0 Å². The zero-order chi connectivity index (χ0) is 15.8. The lowest BCUT2D eigenvalue weighted by molar-refractivity contribution is 0.474. The van der Waals surface area contributed by atoms with Gasteiger partial charge in [-0.05, 0) is 19.2 Å². The van der Waals surface area contributed by atoms with E-state index in [9.17, 15) is 0 Å². The van der Waals surface area contributed by atoms with Crippen molar-refractivity contribution in [2.45, 2.75) is 34.4 Å². The SMILES string of the molecule is CC.CC.CN(S)Cn1c2ccccc2c2ccccc21. The Labute approximate surface area is 133 Å². The summed E-state index contributed by atoms with van der Waals surface area (Å²) >= 11 is 4.35. The number of para-hydroxylation sites is 2. The van der Waals surface area contributed by atoms with Crippen molar-refractivity contribution < 1.29 is 0 Å². The molecule has 114 valence electrons. The standard InChI is InChI=1S/C14H14N2S.2C2H6/c1-15(17)10-16-13-8-4-2-6-11(13)12-7-3-5-9-14(12)16;2*1-2/h2-9,17H,10H2,1H3;2*1-2H3. The van der Waals surface area contributed by atoms with Gasteiger partial charge in [-0.1, -0.05) is 76.9 Å². The molecule has 0 atom stereocenters. The number of fused-ring (bicyclic) bond motifs is 3. The minimum absolute atomic E-state index is 0.775. The second-order valence-corrected chi connectivity index (χ2v) is 4.94. The van der Waals surface area contributed by atoms with E-state index in [2.05, 4.69) is 65.9 Å². The summed E-state index contributed by atoms with van der Waals surface area (Å²) in [5.74, 6) is 0. The highest BCUT2D eigenvalue weighted by Gasteiger charge is 2.09. The third kappa shape index (κ3) is 3.80. The van der Waals surface area contributed by atoms with Crippen molar-refractivity contribution in [2.24, 2.45) is 0 Å². The van der Waals surface area contributed by atoms with Crippen LogP contribution in [0, 0.1) is 0 Å². The average Bonchev–Trinajstić information content (AvgIpc) is 2.86. The number of thiol groups is 1. The van der Waals surface area contributed by atoms with Crippen LogP contribution in [-0.2, 0) is 6.67 Å². The van der Waals surface area contributed by atoms with Crippen LogP contribution < -0.4 is 0 Å². The molecule has 3 aromatic rings. The zero-order valence-electron chi connectivity index (χ0n) is 13.7. The molecule has 0 N–H and O–H groups in total. The van der Waals surface area contributed by atoms with Gasteiger partial charge in [0.25, 0.3) is 0 Å². The molecule has 0 saturated carbocycles. The molecule has 0 unspecified atom stereocenters. The Balaban J connectivity index is 0.000000510. The Morgan fingerprint density at radius 3 is 1.57 bits per heavy atom. The van der Waals surface area contributed by atoms with E-state index in [1.54, 1.807) is 0 Å². The Morgan fingerprint density at radius 2 is 1.19 bits per heavy atom. The minimum atomic E-state index is 0.775. The predicted octanol–water partition coefficient (Wildman–Crippen LogP) is 5.58. The highest BCUT2D eigenvalue weighted by atomic mass is 32.1. The first-order chi connectivity index (χ1) is 10.3. The monoisotopic (exact) mass is 302 g/mol. The molecule has 2 nitrogen and oxygen atoms in total. The summed E-state index contributed by atoms with van der Waals surface area (Å²) < 4.78 is 4.18. The molecule has 0 radical (unpaired) electrons.